The molecule has 0 saturated heterocycles. The second-order valence-corrected chi connectivity index (χ2v) is 14.1. The number of benzene rings is 3. The molecule has 4 rings (SSSR count). The zero-order chi connectivity index (χ0) is 26.5. The Balaban J connectivity index is 2.16. The van der Waals surface area contributed by atoms with Gasteiger partial charge in [0.1, 0.15) is 0 Å². The summed E-state index contributed by atoms with van der Waals surface area (Å²) in [7, 11) is -2.95. The Bertz CT molecular complexity index is 1380. The Morgan fingerprint density at radius 2 is 1.08 bits per heavy atom. The topological polar surface area (TPSA) is 95.2 Å². The van der Waals surface area contributed by atoms with Gasteiger partial charge in [0, 0.05) is 0 Å². The van der Waals surface area contributed by atoms with Gasteiger partial charge < -0.3 is 0 Å². The van der Waals surface area contributed by atoms with E-state index in [0.717, 1.165) is 22.3 Å². The Hall–Kier alpha value is -4.47. The van der Waals surface area contributed by atoms with Crippen LogP contribution in [-0.2, 0) is 0 Å². The van der Waals surface area contributed by atoms with Crippen LogP contribution >= 0.6 is 7.26 Å². The van der Waals surface area contributed by atoms with E-state index in [9.17, 15) is 21.0 Å². The molecule has 0 spiro atoms. The zero-order valence-corrected chi connectivity index (χ0v) is 21.9. The summed E-state index contributed by atoms with van der Waals surface area (Å²) in [5.74, 6) is 0.365. The van der Waals surface area contributed by atoms with Crippen molar-refractivity contribution in [2.24, 2.45) is 5.92 Å². The summed E-state index contributed by atoms with van der Waals surface area (Å²) in [6.07, 6.45) is 7.81. The molecule has 0 heterocycles. The second kappa shape index (κ2) is 10.7. The average Bonchev–Trinajstić information content (AvgIpc) is 2.94. The standard InChI is InChI=1S/C32H27N4P/c1-24(2)19-32(17-15-28(23-36)16-18-32)37(29-9-3-25(20-33)4-10-29,30-11-5-26(21-34)6-12-30)31-13-7-27(22-35)8-14-31/h3-17,24,37H,18-19H2,1-2H3. The van der Waals surface area contributed by atoms with Crippen molar-refractivity contribution in [3.63, 3.8) is 0 Å². The second-order valence-electron chi connectivity index (χ2n) is 9.88. The minimum absolute atomic E-state index is 0.335. The van der Waals surface area contributed by atoms with Gasteiger partial charge in [0.25, 0.3) is 0 Å². The van der Waals surface area contributed by atoms with E-state index < -0.39 is 7.26 Å². The van der Waals surface area contributed by atoms with Gasteiger partial charge in [-0.25, -0.2) is 0 Å². The van der Waals surface area contributed by atoms with Gasteiger partial charge in [-0.15, -0.1) is 0 Å². The van der Waals surface area contributed by atoms with Crippen molar-refractivity contribution in [1.29, 1.82) is 21.0 Å². The summed E-state index contributed by atoms with van der Waals surface area (Å²) in [5.41, 5.74) is 2.43. The van der Waals surface area contributed by atoms with Crippen LogP contribution in [0.15, 0.2) is 96.6 Å². The molecule has 0 N–H and O–H groups in total. The molecule has 0 bridgehead atoms. The van der Waals surface area contributed by atoms with Gasteiger partial charge in [0.05, 0.1) is 0 Å². The normalized spacial score (nSPS) is 17.1. The molecule has 0 fully saturated rings. The number of rotatable bonds is 6. The van der Waals surface area contributed by atoms with Crippen LogP contribution < -0.4 is 15.9 Å². The Morgan fingerprint density at radius 1 is 0.676 bits per heavy atom. The molecule has 1 unspecified atom stereocenters. The van der Waals surface area contributed by atoms with E-state index in [1.807, 2.05) is 48.6 Å². The van der Waals surface area contributed by atoms with Gasteiger partial charge in [-0.3, -0.25) is 0 Å². The number of nitriles is 4. The molecule has 1 aliphatic carbocycles. The first-order valence-electron chi connectivity index (χ1n) is 12.2. The fourth-order valence-electron chi connectivity index (χ4n) is 5.82. The number of nitrogens with zero attached hydrogens (tertiary/aromatic N) is 4. The van der Waals surface area contributed by atoms with E-state index in [0.29, 0.717) is 34.6 Å². The Morgan fingerprint density at radius 3 is 1.35 bits per heavy atom. The van der Waals surface area contributed by atoms with E-state index in [2.05, 4.69) is 80.6 Å². The Kier molecular flexibility index (Phi) is 7.37. The van der Waals surface area contributed by atoms with Crippen LogP contribution in [0.3, 0.4) is 0 Å². The van der Waals surface area contributed by atoms with E-state index in [-0.39, 0.29) is 5.16 Å². The molecule has 0 saturated carbocycles. The third kappa shape index (κ3) is 4.57. The number of hydrogen-bond donors (Lipinski definition) is 0. The van der Waals surface area contributed by atoms with Crippen molar-refractivity contribution in [2.45, 2.75) is 31.8 Å². The summed E-state index contributed by atoms with van der Waals surface area (Å²) in [6, 6.07) is 32.6. The molecule has 1 aliphatic rings. The molecule has 5 heteroatoms. The molecule has 0 aromatic heterocycles. The minimum atomic E-state index is -2.95. The van der Waals surface area contributed by atoms with E-state index in [1.54, 1.807) is 0 Å². The molecule has 3 aromatic carbocycles. The van der Waals surface area contributed by atoms with Gasteiger partial charge in [0.15, 0.2) is 0 Å². The number of allylic oxidation sites excluding steroid dienone is 4. The van der Waals surface area contributed by atoms with Crippen molar-refractivity contribution >= 4 is 23.2 Å². The van der Waals surface area contributed by atoms with Crippen LogP contribution in [0.2, 0.25) is 0 Å². The molecular weight excluding hydrogens is 471 g/mol. The van der Waals surface area contributed by atoms with Gasteiger partial charge in [-0.1, -0.05) is 0 Å². The summed E-state index contributed by atoms with van der Waals surface area (Å²) in [4.78, 5) is 0. The van der Waals surface area contributed by atoms with Crippen LogP contribution in [0.4, 0.5) is 0 Å². The first-order chi connectivity index (χ1) is 17.9. The van der Waals surface area contributed by atoms with Crippen molar-refractivity contribution in [3.05, 3.63) is 113 Å². The molecule has 3 aromatic rings. The van der Waals surface area contributed by atoms with Gasteiger partial charge in [0.2, 0.25) is 0 Å². The van der Waals surface area contributed by atoms with Gasteiger partial charge >= 0.3 is 220 Å². The van der Waals surface area contributed by atoms with Crippen LogP contribution in [0.1, 0.15) is 43.4 Å². The molecule has 4 nitrogen and oxygen atoms in total. The molecule has 0 amide bonds. The fourth-order valence-corrected chi connectivity index (χ4v) is 12.0. The van der Waals surface area contributed by atoms with Crippen molar-refractivity contribution in [2.75, 3.05) is 0 Å². The fraction of sp³-hybridized carbons (Fsp3) is 0.188. The molecular formula is C32H27N4P. The van der Waals surface area contributed by atoms with Crippen LogP contribution in [0.5, 0.6) is 0 Å². The summed E-state index contributed by atoms with van der Waals surface area (Å²) in [6.45, 7) is 4.43. The van der Waals surface area contributed by atoms with E-state index in [4.69, 9.17) is 0 Å². The Labute approximate surface area is 219 Å². The van der Waals surface area contributed by atoms with Crippen molar-refractivity contribution < 1.29 is 0 Å². The maximum atomic E-state index is 9.62. The summed E-state index contributed by atoms with van der Waals surface area (Å²) in [5, 5.41) is 41.2. The molecule has 0 aliphatic heterocycles. The van der Waals surface area contributed by atoms with Crippen LogP contribution in [-0.4, -0.2) is 5.16 Å². The van der Waals surface area contributed by atoms with Crippen molar-refractivity contribution in [1.82, 2.24) is 0 Å². The maximum absolute atomic E-state index is 9.62. The quantitative estimate of drug-likeness (QED) is 0.418. The number of hydrogen-bond acceptors (Lipinski definition) is 4. The van der Waals surface area contributed by atoms with E-state index in [1.165, 1.54) is 0 Å². The molecule has 180 valence electrons. The average molecular weight is 499 g/mol. The molecule has 0 radical (unpaired) electrons. The van der Waals surface area contributed by atoms with Crippen LogP contribution in [0.25, 0.3) is 0 Å². The van der Waals surface area contributed by atoms with Crippen molar-refractivity contribution in [3.8, 4) is 24.3 Å². The van der Waals surface area contributed by atoms with E-state index >= 15 is 0 Å². The molecule has 1 atom stereocenters. The van der Waals surface area contributed by atoms with Crippen LogP contribution in [0, 0.1) is 51.2 Å². The first-order valence-corrected chi connectivity index (χ1v) is 14.2. The third-order valence-corrected chi connectivity index (χ3v) is 12.9. The third-order valence-electron chi connectivity index (χ3n) is 7.26. The SMILES string of the molecule is CC(C)CC1([PH](c2ccc(C#N)cc2)(c2ccc(C#N)cc2)c2ccc(C#N)cc2)C=CC(C#N)=CC1. The summed E-state index contributed by atoms with van der Waals surface area (Å²) >= 11 is 0. The summed E-state index contributed by atoms with van der Waals surface area (Å²) < 4.78 is 0. The predicted octanol–water partition coefficient (Wildman–Crippen LogP) is 5.52. The van der Waals surface area contributed by atoms with Gasteiger partial charge in [-0.05, 0) is 0 Å². The first kappa shape index (κ1) is 25.6. The zero-order valence-electron chi connectivity index (χ0n) is 20.9. The van der Waals surface area contributed by atoms with Gasteiger partial charge in [-0.2, -0.15) is 0 Å². The molecule has 37 heavy (non-hydrogen) atoms. The predicted molar refractivity (Wildman–Crippen MR) is 150 cm³/mol. The monoisotopic (exact) mass is 498 g/mol.